The summed E-state index contributed by atoms with van der Waals surface area (Å²) in [6.45, 7) is 0.105. The lowest BCUT2D eigenvalue weighted by atomic mass is 10.1. The maximum Gasteiger partial charge on any atom is 0.412 e. The van der Waals surface area contributed by atoms with Crippen molar-refractivity contribution in [1.29, 1.82) is 5.41 Å². The van der Waals surface area contributed by atoms with Crippen molar-refractivity contribution in [3.8, 4) is 12.3 Å². The van der Waals surface area contributed by atoms with Gasteiger partial charge in [-0.05, 0) is 12.1 Å². The molecule has 1 aromatic heterocycles. The zero-order valence-corrected chi connectivity index (χ0v) is 15.8. The quantitative estimate of drug-likeness (QED) is 0.208. The standard InChI is InChI=1S/C20H21N5O4/c1-3-4-13-28-20(26)23-17-12-8-11-16(22-17)14-29-24-18(19(21)25(2)27)15-9-6-5-7-10-15/h1,5-12,21,27H,4,13-14H2,2H3,(H,22,23,26)/b21-19?,24-18-. The van der Waals surface area contributed by atoms with E-state index in [0.717, 1.165) is 0 Å². The van der Waals surface area contributed by atoms with E-state index < -0.39 is 6.09 Å². The number of amides is 1. The molecule has 9 nitrogen and oxygen atoms in total. The third-order valence-electron chi connectivity index (χ3n) is 3.48. The number of hydrogen-bond acceptors (Lipinski definition) is 7. The molecule has 0 aliphatic heterocycles. The third-order valence-corrected chi connectivity index (χ3v) is 3.48. The van der Waals surface area contributed by atoms with Crippen LogP contribution in [0.15, 0.2) is 53.7 Å². The largest absolute Gasteiger partial charge is 0.448 e. The average molecular weight is 395 g/mol. The van der Waals surface area contributed by atoms with E-state index in [1.807, 2.05) is 6.07 Å². The summed E-state index contributed by atoms with van der Waals surface area (Å²) in [5, 5.41) is 24.6. The van der Waals surface area contributed by atoms with Gasteiger partial charge < -0.3 is 9.57 Å². The number of terminal acetylenes is 1. The molecule has 0 saturated heterocycles. The number of nitrogens with one attached hydrogen (secondary N) is 2. The highest BCUT2D eigenvalue weighted by atomic mass is 16.6. The predicted octanol–water partition coefficient (Wildman–Crippen LogP) is 2.87. The van der Waals surface area contributed by atoms with E-state index in [-0.39, 0.29) is 30.6 Å². The van der Waals surface area contributed by atoms with E-state index in [0.29, 0.717) is 22.7 Å². The summed E-state index contributed by atoms with van der Waals surface area (Å²) in [7, 11) is 1.32. The molecule has 1 aromatic carbocycles. The molecular formula is C20H21N5O4. The number of pyridine rings is 1. The van der Waals surface area contributed by atoms with Crippen molar-refractivity contribution < 1.29 is 19.6 Å². The number of amidine groups is 1. The van der Waals surface area contributed by atoms with E-state index in [2.05, 4.69) is 21.4 Å². The lowest BCUT2D eigenvalue weighted by Crippen LogP contribution is -2.30. The summed E-state index contributed by atoms with van der Waals surface area (Å²) in [5.74, 6) is 2.43. The van der Waals surface area contributed by atoms with Crippen LogP contribution in [0.4, 0.5) is 10.6 Å². The van der Waals surface area contributed by atoms with Gasteiger partial charge in [0, 0.05) is 19.0 Å². The number of carbonyl (C=O) groups excluding carboxylic acids is 1. The van der Waals surface area contributed by atoms with Crippen molar-refractivity contribution in [2.75, 3.05) is 19.0 Å². The third kappa shape index (κ3) is 6.97. The van der Waals surface area contributed by atoms with Crippen LogP contribution in [0.3, 0.4) is 0 Å². The molecule has 2 aromatic rings. The van der Waals surface area contributed by atoms with Crippen LogP contribution in [0.1, 0.15) is 17.7 Å². The minimum Gasteiger partial charge on any atom is -0.448 e. The van der Waals surface area contributed by atoms with E-state index in [1.54, 1.807) is 42.5 Å². The van der Waals surface area contributed by atoms with Gasteiger partial charge in [0.05, 0.1) is 5.69 Å². The molecule has 0 atom stereocenters. The summed E-state index contributed by atoms with van der Waals surface area (Å²) < 4.78 is 4.90. The number of oxime groups is 1. The van der Waals surface area contributed by atoms with Crippen LogP contribution in [-0.4, -0.2) is 46.5 Å². The number of hydrogen-bond donors (Lipinski definition) is 3. The number of rotatable bonds is 8. The normalized spacial score (nSPS) is 10.6. The van der Waals surface area contributed by atoms with Crippen LogP contribution in [-0.2, 0) is 16.2 Å². The van der Waals surface area contributed by atoms with E-state index in [9.17, 15) is 10.0 Å². The number of likely N-dealkylation sites (N-methyl/N-ethyl adjacent to an activating group) is 1. The predicted molar refractivity (Wildman–Crippen MR) is 108 cm³/mol. The molecule has 0 bridgehead atoms. The first-order valence-corrected chi connectivity index (χ1v) is 8.61. The van der Waals surface area contributed by atoms with Gasteiger partial charge in [-0.15, -0.1) is 12.3 Å². The van der Waals surface area contributed by atoms with Crippen molar-refractivity contribution in [3.05, 3.63) is 59.8 Å². The highest BCUT2D eigenvalue weighted by Gasteiger charge is 2.14. The molecule has 0 unspecified atom stereocenters. The molecule has 9 heteroatoms. The maximum atomic E-state index is 11.7. The van der Waals surface area contributed by atoms with Gasteiger partial charge in [0.25, 0.3) is 0 Å². The molecule has 0 aliphatic rings. The van der Waals surface area contributed by atoms with Crippen LogP contribution in [0.25, 0.3) is 0 Å². The Morgan fingerprint density at radius 2 is 2.07 bits per heavy atom. The monoisotopic (exact) mass is 395 g/mol. The Morgan fingerprint density at radius 1 is 1.31 bits per heavy atom. The van der Waals surface area contributed by atoms with Crippen LogP contribution in [0, 0.1) is 17.8 Å². The van der Waals surface area contributed by atoms with Gasteiger partial charge in [0.1, 0.15) is 12.4 Å². The molecule has 150 valence electrons. The van der Waals surface area contributed by atoms with Crippen molar-refractivity contribution in [2.45, 2.75) is 13.0 Å². The second-order valence-electron chi connectivity index (χ2n) is 5.68. The summed E-state index contributed by atoms with van der Waals surface area (Å²) in [5.41, 5.74) is 1.25. The van der Waals surface area contributed by atoms with Crippen molar-refractivity contribution in [2.24, 2.45) is 5.16 Å². The number of anilines is 1. The number of benzene rings is 1. The molecule has 1 heterocycles. The number of ether oxygens (including phenoxy) is 1. The number of aromatic nitrogens is 1. The smallest absolute Gasteiger partial charge is 0.412 e. The average Bonchev–Trinajstić information content (AvgIpc) is 2.72. The SMILES string of the molecule is C#CCCOC(=O)Nc1cccc(CO/N=C(\C(=N)N(C)O)c2ccccc2)n1. The Hall–Kier alpha value is -3.90. The molecule has 0 spiro atoms. The molecule has 0 radical (unpaired) electrons. The zero-order chi connectivity index (χ0) is 21.1. The molecule has 2 rings (SSSR count). The molecule has 1 amide bonds. The van der Waals surface area contributed by atoms with E-state index >= 15 is 0 Å². The van der Waals surface area contributed by atoms with Gasteiger partial charge in [-0.3, -0.25) is 15.9 Å². The topological polar surface area (TPSA) is 120 Å². The Bertz CT molecular complexity index is 907. The molecular weight excluding hydrogens is 374 g/mol. The molecule has 0 saturated carbocycles. The van der Waals surface area contributed by atoms with Crippen LogP contribution in [0.5, 0.6) is 0 Å². The zero-order valence-electron chi connectivity index (χ0n) is 15.8. The first-order chi connectivity index (χ1) is 14.0. The molecule has 0 fully saturated rings. The van der Waals surface area contributed by atoms with Gasteiger partial charge >= 0.3 is 6.09 Å². The minimum absolute atomic E-state index is 0.0135. The fourth-order valence-electron chi connectivity index (χ4n) is 2.12. The summed E-state index contributed by atoms with van der Waals surface area (Å²) in [6.07, 6.45) is 4.77. The van der Waals surface area contributed by atoms with Gasteiger partial charge in [-0.2, -0.15) is 0 Å². The van der Waals surface area contributed by atoms with Gasteiger partial charge in [-0.25, -0.2) is 14.8 Å². The minimum atomic E-state index is -0.658. The number of hydroxylamine groups is 2. The van der Waals surface area contributed by atoms with E-state index in [1.165, 1.54) is 7.05 Å². The Balaban J connectivity index is 2.03. The second kappa shape index (κ2) is 11.1. The van der Waals surface area contributed by atoms with Crippen molar-refractivity contribution in [1.82, 2.24) is 10.0 Å². The Labute approximate surface area is 168 Å². The lowest BCUT2D eigenvalue weighted by molar-refractivity contribution is 0.0148. The molecule has 0 aliphatic carbocycles. The van der Waals surface area contributed by atoms with Crippen molar-refractivity contribution >= 4 is 23.5 Å². The van der Waals surface area contributed by atoms with Gasteiger partial charge in [0.2, 0.25) is 0 Å². The van der Waals surface area contributed by atoms with Crippen LogP contribution in [0.2, 0.25) is 0 Å². The lowest BCUT2D eigenvalue weighted by Gasteiger charge is -2.13. The maximum absolute atomic E-state index is 11.7. The Kier molecular flexibility index (Phi) is 8.16. The summed E-state index contributed by atoms with van der Waals surface area (Å²) in [4.78, 5) is 21.2. The molecule has 29 heavy (non-hydrogen) atoms. The molecule has 3 N–H and O–H groups in total. The number of nitrogens with zero attached hydrogens (tertiary/aromatic N) is 3. The number of carbonyl (C=O) groups is 1. The first kappa shape index (κ1) is 21.4. The van der Waals surface area contributed by atoms with Crippen LogP contribution >= 0.6 is 0 Å². The highest BCUT2D eigenvalue weighted by Crippen LogP contribution is 2.09. The second-order valence-corrected chi connectivity index (χ2v) is 5.68. The van der Waals surface area contributed by atoms with Gasteiger partial charge in [0.15, 0.2) is 18.2 Å². The summed E-state index contributed by atoms with van der Waals surface area (Å²) in [6, 6.07) is 13.9. The highest BCUT2D eigenvalue weighted by molar-refractivity contribution is 6.45. The van der Waals surface area contributed by atoms with Crippen LogP contribution < -0.4 is 5.32 Å². The summed E-state index contributed by atoms with van der Waals surface area (Å²) >= 11 is 0. The van der Waals surface area contributed by atoms with Gasteiger partial charge in [-0.1, -0.05) is 41.6 Å². The Morgan fingerprint density at radius 3 is 2.76 bits per heavy atom. The first-order valence-electron chi connectivity index (χ1n) is 8.61. The fourth-order valence-corrected chi connectivity index (χ4v) is 2.12. The van der Waals surface area contributed by atoms with E-state index in [4.69, 9.17) is 21.4 Å². The fraction of sp³-hybridized carbons (Fsp3) is 0.200. The van der Waals surface area contributed by atoms with Crippen molar-refractivity contribution in [3.63, 3.8) is 0 Å².